The number of nitro benzene ring substituents is 1. The Hall–Kier alpha value is -1.56. The molecule has 0 aromatic heterocycles. The van der Waals surface area contributed by atoms with Crippen LogP contribution in [0.2, 0.25) is 0 Å². The van der Waals surface area contributed by atoms with E-state index in [1.807, 2.05) is 18.7 Å². The first kappa shape index (κ1) is 16.3. The first-order chi connectivity index (χ1) is 11.1. The number of hydrogen-bond donors (Lipinski definition) is 0. The van der Waals surface area contributed by atoms with Gasteiger partial charge in [-0.25, -0.2) is 4.99 Å². The number of rotatable bonds is 4. The van der Waals surface area contributed by atoms with E-state index in [-0.39, 0.29) is 10.6 Å². The van der Waals surface area contributed by atoms with E-state index < -0.39 is 0 Å². The fraction of sp³-hybridized carbons (Fsp3) is 0.588. The number of non-ortho nitro benzene ring substituents is 1. The lowest BCUT2D eigenvalue weighted by Crippen LogP contribution is -2.40. The number of aliphatic imine (C=N–C) groups is 1. The van der Waals surface area contributed by atoms with Crippen LogP contribution in [-0.4, -0.2) is 32.8 Å². The maximum Gasteiger partial charge on any atom is 0.269 e. The third kappa shape index (κ3) is 3.37. The maximum atomic E-state index is 10.9. The van der Waals surface area contributed by atoms with Crippen LogP contribution in [-0.2, 0) is 0 Å². The van der Waals surface area contributed by atoms with Crippen LogP contribution < -0.4 is 0 Å². The number of amidine groups is 1. The molecule has 0 spiro atoms. The highest BCUT2D eigenvalue weighted by molar-refractivity contribution is 8.14. The third-order valence-electron chi connectivity index (χ3n) is 4.82. The molecule has 6 heteroatoms. The minimum absolute atomic E-state index is 0.129. The summed E-state index contributed by atoms with van der Waals surface area (Å²) in [7, 11) is 0. The van der Waals surface area contributed by atoms with Crippen molar-refractivity contribution in [3.63, 3.8) is 0 Å². The van der Waals surface area contributed by atoms with E-state index in [4.69, 9.17) is 4.99 Å². The predicted octanol–water partition coefficient (Wildman–Crippen LogP) is 4.66. The lowest BCUT2D eigenvalue weighted by atomic mass is 10.1. The summed E-state index contributed by atoms with van der Waals surface area (Å²) in [5, 5.41) is 12.0. The van der Waals surface area contributed by atoms with Crippen molar-refractivity contribution in [2.45, 2.75) is 58.0 Å². The molecule has 2 fully saturated rings. The summed E-state index contributed by atoms with van der Waals surface area (Å²) in [5.74, 6) is 1.10. The van der Waals surface area contributed by atoms with Crippen LogP contribution in [0.1, 0.15) is 44.6 Å². The topological polar surface area (TPSA) is 58.7 Å². The van der Waals surface area contributed by atoms with Crippen LogP contribution in [0.25, 0.3) is 0 Å². The number of hydrogen-bond acceptors (Lipinski definition) is 4. The van der Waals surface area contributed by atoms with Gasteiger partial charge < -0.3 is 4.90 Å². The standard InChI is InChI=1S/C17H23N3O2S/c1-3-13-11-23-17(19(13)14-6-4-5-7-14)18-16-9-8-15(20(21)22)10-12(16)2/h8-10,13-14H,3-7,11H2,1-2H3. The van der Waals surface area contributed by atoms with Gasteiger partial charge in [0.25, 0.3) is 5.69 Å². The van der Waals surface area contributed by atoms with Crippen molar-refractivity contribution in [2.24, 2.45) is 4.99 Å². The van der Waals surface area contributed by atoms with Crippen LogP contribution in [0.3, 0.4) is 0 Å². The molecule has 2 aliphatic rings. The highest BCUT2D eigenvalue weighted by Crippen LogP contribution is 2.36. The van der Waals surface area contributed by atoms with Gasteiger partial charge in [0.1, 0.15) is 0 Å². The average Bonchev–Trinajstić information content (AvgIpc) is 3.17. The summed E-state index contributed by atoms with van der Waals surface area (Å²) >= 11 is 1.83. The Kier molecular flexibility index (Phi) is 4.90. The van der Waals surface area contributed by atoms with Crippen molar-refractivity contribution < 1.29 is 4.92 Å². The smallest absolute Gasteiger partial charge is 0.269 e. The molecule has 0 N–H and O–H groups in total. The van der Waals surface area contributed by atoms with Gasteiger partial charge in [-0.1, -0.05) is 31.5 Å². The van der Waals surface area contributed by atoms with Gasteiger partial charge >= 0.3 is 0 Å². The van der Waals surface area contributed by atoms with Crippen molar-refractivity contribution in [1.82, 2.24) is 4.90 Å². The molecule has 0 amide bonds. The Balaban J connectivity index is 1.89. The van der Waals surface area contributed by atoms with Gasteiger partial charge in [0.2, 0.25) is 0 Å². The molecule has 1 saturated heterocycles. The van der Waals surface area contributed by atoms with E-state index >= 15 is 0 Å². The van der Waals surface area contributed by atoms with Crippen molar-refractivity contribution >= 4 is 28.3 Å². The number of aryl methyl sites for hydroxylation is 1. The molecule has 1 aromatic rings. The van der Waals surface area contributed by atoms with Crippen LogP contribution in [0, 0.1) is 17.0 Å². The fourth-order valence-corrected chi connectivity index (χ4v) is 4.85. The molecule has 0 bridgehead atoms. The van der Waals surface area contributed by atoms with Crippen molar-refractivity contribution in [2.75, 3.05) is 5.75 Å². The van der Waals surface area contributed by atoms with Crippen molar-refractivity contribution in [1.29, 1.82) is 0 Å². The highest BCUT2D eigenvalue weighted by Gasteiger charge is 2.35. The second-order valence-electron chi connectivity index (χ2n) is 6.34. The van der Waals surface area contributed by atoms with E-state index in [2.05, 4.69) is 11.8 Å². The first-order valence-corrected chi connectivity index (χ1v) is 9.33. The Morgan fingerprint density at radius 1 is 1.39 bits per heavy atom. The third-order valence-corrected chi connectivity index (χ3v) is 5.93. The van der Waals surface area contributed by atoms with Gasteiger partial charge in [-0.3, -0.25) is 10.1 Å². The molecule has 3 rings (SSSR count). The molecule has 1 aliphatic carbocycles. The Morgan fingerprint density at radius 3 is 2.74 bits per heavy atom. The number of thioether (sulfide) groups is 1. The quantitative estimate of drug-likeness (QED) is 0.594. The van der Waals surface area contributed by atoms with Crippen LogP contribution >= 0.6 is 11.8 Å². The number of benzene rings is 1. The highest BCUT2D eigenvalue weighted by atomic mass is 32.2. The molecular weight excluding hydrogens is 310 g/mol. The number of nitro groups is 1. The summed E-state index contributed by atoms with van der Waals surface area (Å²) < 4.78 is 0. The zero-order valence-electron chi connectivity index (χ0n) is 13.7. The van der Waals surface area contributed by atoms with Gasteiger partial charge in [0, 0.05) is 30.0 Å². The zero-order valence-corrected chi connectivity index (χ0v) is 14.5. The van der Waals surface area contributed by atoms with E-state index in [9.17, 15) is 10.1 Å². The summed E-state index contributed by atoms with van der Waals surface area (Å²) in [6.45, 7) is 4.14. The maximum absolute atomic E-state index is 10.9. The van der Waals surface area contributed by atoms with Crippen LogP contribution in [0.15, 0.2) is 23.2 Å². The molecular formula is C17H23N3O2S. The van der Waals surface area contributed by atoms with E-state index in [1.54, 1.807) is 18.2 Å². The second-order valence-corrected chi connectivity index (χ2v) is 7.33. The molecule has 1 heterocycles. The number of nitrogens with zero attached hydrogens (tertiary/aromatic N) is 3. The summed E-state index contributed by atoms with van der Waals surface area (Å²) in [5.41, 5.74) is 1.83. The van der Waals surface area contributed by atoms with E-state index in [0.717, 1.165) is 28.6 Å². The second kappa shape index (κ2) is 6.91. The SMILES string of the molecule is CCC1CSC(=Nc2ccc([N+](=O)[O-])cc2C)N1C1CCCC1. The normalized spacial score (nSPS) is 23.8. The molecule has 0 radical (unpaired) electrons. The van der Waals surface area contributed by atoms with Gasteiger partial charge in [0.15, 0.2) is 5.17 Å². The van der Waals surface area contributed by atoms with Gasteiger partial charge in [-0.2, -0.15) is 0 Å². The largest absolute Gasteiger partial charge is 0.344 e. The Bertz CT molecular complexity index is 626. The zero-order chi connectivity index (χ0) is 16.4. The molecule has 1 aromatic carbocycles. The van der Waals surface area contributed by atoms with Crippen molar-refractivity contribution in [3.8, 4) is 0 Å². The molecule has 1 unspecified atom stereocenters. The average molecular weight is 333 g/mol. The Morgan fingerprint density at radius 2 is 2.13 bits per heavy atom. The first-order valence-electron chi connectivity index (χ1n) is 8.35. The summed E-state index contributed by atoms with van der Waals surface area (Å²) in [6, 6.07) is 6.11. The van der Waals surface area contributed by atoms with Crippen molar-refractivity contribution in [3.05, 3.63) is 33.9 Å². The van der Waals surface area contributed by atoms with Gasteiger partial charge in [0.05, 0.1) is 10.6 Å². The van der Waals surface area contributed by atoms with Gasteiger partial charge in [-0.15, -0.1) is 0 Å². The monoisotopic (exact) mass is 333 g/mol. The lowest BCUT2D eigenvalue weighted by molar-refractivity contribution is -0.384. The molecule has 1 atom stereocenters. The minimum atomic E-state index is -0.355. The summed E-state index contributed by atoms with van der Waals surface area (Å²) in [6.07, 6.45) is 6.28. The van der Waals surface area contributed by atoms with Crippen LogP contribution in [0.4, 0.5) is 11.4 Å². The summed E-state index contributed by atoms with van der Waals surface area (Å²) in [4.78, 5) is 17.9. The molecule has 5 nitrogen and oxygen atoms in total. The molecule has 1 aliphatic heterocycles. The molecule has 23 heavy (non-hydrogen) atoms. The van der Waals surface area contributed by atoms with E-state index in [1.165, 1.54) is 25.7 Å². The van der Waals surface area contributed by atoms with Crippen LogP contribution in [0.5, 0.6) is 0 Å². The fourth-order valence-electron chi connectivity index (χ4n) is 3.50. The Labute approximate surface area is 141 Å². The minimum Gasteiger partial charge on any atom is -0.344 e. The van der Waals surface area contributed by atoms with E-state index in [0.29, 0.717) is 12.1 Å². The molecule has 1 saturated carbocycles. The lowest BCUT2D eigenvalue weighted by Gasteiger charge is -2.31. The molecule has 124 valence electrons. The van der Waals surface area contributed by atoms with Gasteiger partial charge in [-0.05, 0) is 37.8 Å². The predicted molar refractivity (Wildman–Crippen MR) is 95.6 cm³/mol.